The molecule has 2 aromatic rings. The van der Waals surface area contributed by atoms with Gasteiger partial charge in [-0.15, -0.1) is 0 Å². The van der Waals surface area contributed by atoms with Gasteiger partial charge in [-0.25, -0.2) is 10.2 Å². The van der Waals surface area contributed by atoms with Gasteiger partial charge in [0.15, 0.2) is 0 Å². The lowest BCUT2D eigenvalue weighted by molar-refractivity contribution is 0.252. The lowest BCUT2D eigenvalue weighted by Gasteiger charge is -2.04. The lowest BCUT2D eigenvalue weighted by Crippen LogP contribution is -2.24. The third-order valence-electron chi connectivity index (χ3n) is 2.43. The minimum absolute atomic E-state index is 0.216. The highest BCUT2D eigenvalue weighted by atomic mass is 127. The number of urea groups is 1. The van der Waals surface area contributed by atoms with Gasteiger partial charge in [0.1, 0.15) is 5.75 Å². The Morgan fingerprint density at radius 3 is 2.81 bits per heavy atom. The van der Waals surface area contributed by atoms with Crippen LogP contribution in [0.5, 0.6) is 5.75 Å². The van der Waals surface area contributed by atoms with Gasteiger partial charge in [0.2, 0.25) is 0 Å². The van der Waals surface area contributed by atoms with E-state index in [9.17, 15) is 9.90 Å². The summed E-state index contributed by atoms with van der Waals surface area (Å²) in [6.07, 6.45) is 1.50. The van der Waals surface area contributed by atoms with Crippen LogP contribution in [0.4, 0.5) is 10.5 Å². The molecule has 0 saturated carbocycles. The van der Waals surface area contributed by atoms with E-state index >= 15 is 0 Å². The van der Waals surface area contributed by atoms with Gasteiger partial charge in [-0.3, -0.25) is 0 Å². The van der Waals surface area contributed by atoms with Crippen molar-refractivity contribution < 1.29 is 9.90 Å². The number of nitrogens with zero attached hydrogens (tertiary/aromatic N) is 1. The summed E-state index contributed by atoms with van der Waals surface area (Å²) in [5.41, 5.74) is 3.81. The largest absolute Gasteiger partial charge is 0.507 e. The van der Waals surface area contributed by atoms with E-state index in [4.69, 9.17) is 0 Å². The molecule has 0 radical (unpaired) electrons. The maximum absolute atomic E-state index is 11.6. The van der Waals surface area contributed by atoms with E-state index in [0.29, 0.717) is 5.69 Å². The van der Waals surface area contributed by atoms with Crippen molar-refractivity contribution in [2.75, 3.05) is 5.32 Å². The Kier molecular flexibility index (Phi) is 5.57. The molecule has 0 aliphatic carbocycles. The summed E-state index contributed by atoms with van der Waals surface area (Å²) in [5, 5.41) is 15.9. The molecule has 0 unspecified atom stereocenters. The average Bonchev–Trinajstić information content (AvgIpc) is 2.43. The Bertz CT molecular complexity index is 692. The van der Waals surface area contributed by atoms with E-state index in [1.807, 2.05) is 34.7 Å². The number of phenols is 1. The lowest BCUT2D eigenvalue weighted by atomic mass is 10.2. The number of amides is 2. The fourth-order valence-corrected chi connectivity index (χ4v) is 2.43. The van der Waals surface area contributed by atoms with Gasteiger partial charge >= 0.3 is 6.03 Å². The Morgan fingerprint density at radius 2 is 2.10 bits per heavy atom. The zero-order valence-electron chi connectivity index (χ0n) is 10.7. The quantitative estimate of drug-likeness (QED) is 0.370. The topological polar surface area (TPSA) is 73.7 Å². The minimum atomic E-state index is -0.433. The molecule has 7 heteroatoms. The first-order valence-corrected chi connectivity index (χ1v) is 7.76. The van der Waals surface area contributed by atoms with Crippen molar-refractivity contribution in [3.8, 4) is 5.75 Å². The molecule has 108 valence electrons. The maximum Gasteiger partial charge on any atom is 0.339 e. The number of carbonyl (C=O) groups excluding carboxylic acids is 1. The SMILES string of the molecule is O=C(N/N=C/c1ccc(O)c(I)c1)Nc1cccc(Br)c1. The Hall–Kier alpha value is -1.61. The number of hydrazone groups is 1. The van der Waals surface area contributed by atoms with Crippen molar-refractivity contribution in [3.63, 3.8) is 0 Å². The molecule has 0 spiro atoms. The van der Waals surface area contributed by atoms with Crippen molar-refractivity contribution in [3.05, 3.63) is 56.1 Å². The molecule has 2 rings (SSSR count). The van der Waals surface area contributed by atoms with Crippen molar-refractivity contribution >= 4 is 56.5 Å². The predicted molar refractivity (Wildman–Crippen MR) is 94.7 cm³/mol. The first kappa shape index (κ1) is 15.8. The van der Waals surface area contributed by atoms with Crippen LogP contribution in [0.15, 0.2) is 52.0 Å². The first-order chi connectivity index (χ1) is 10.0. The number of halogens is 2. The third-order valence-corrected chi connectivity index (χ3v) is 3.79. The van der Waals surface area contributed by atoms with Gasteiger partial charge in [-0.05, 0) is 64.6 Å². The fraction of sp³-hybridized carbons (Fsp3) is 0. The van der Waals surface area contributed by atoms with Gasteiger partial charge in [-0.1, -0.05) is 22.0 Å². The van der Waals surface area contributed by atoms with Crippen LogP contribution in [-0.4, -0.2) is 17.4 Å². The van der Waals surface area contributed by atoms with Crippen LogP contribution in [0.3, 0.4) is 0 Å². The number of rotatable bonds is 3. The van der Waals surface area contributed by atoms with Crippen molar-refractivity contribution in [2.45, 2.75) is 0 Å². The van der Waals surface area contributed by atoms with Gasteiger partial charge in [0, 0.05) is 10.2 Å². The second kappa shape index (κ2) is 7.41. The van der Waals surface area contributed by atoms with E-state index in [2.05, 4.69) is 31.8 Å². The summed E-state index contributed by atoms with van der Waals surface area (Å²) in [7, 11) is 0. The number of anilines is 1. The molecule has 0 atom stereocenters. The van der Waals surface area contributed by atoms with E-state index in [1.165, 1.54) is 6.21 Å². The van der Waals surface area contributed by atoms with Gasteiger partial charge in [-0.2, -0.15) is 5.10 Å². The number of benzene rings is 2. The second-order valence-corrected chi connectivity index (χ2v) is 6.12. The molecule has 2 amide bonds. The highest BCUT2D eigenvalue weighted by Crippen LogP contribution is 2.19. The highest BCUT2D eigenvalue weighted by molar-refractivity contribution is 14.1. The van der Waals surface area contributed by atoms with Crippen molar-refractivity contribution in [1.82, 2.24) is 5.43 Å². The summed E-state index contributed by atoms with van der Waals surface area (Å²) in [4.78, 5) is 11.6. The number of carbonyl (C=O) groups is 1. The second-order valence-electron chi connectivity index (χ2n) is 4.05. The molecule has 3 N–H and O–H groups in total. The smallest absolute Gasteiger partial charge is 0.339 e. The van der Waals surface area contributed by atoms with Gasteiger partial charge < -0.3 is 10.4 Å². The van der Waals surface area contributed by atoms with Crippen LogP contribution >= 0.6 is 38.5 Å². The zero-order valence-corrected chi connectivity index (χ0v) is 14.4. The summed E-state index contributed by atoms with van der Waals surface area (Å²) < 4.78 is 1.60. The van der Waals surface area contributed by atoms with E-state index in [1.54, 1.807) is 30.3 Å². The van der Waals surface area contributed by atoms with Crippen LogP contribution in [0.25, 0.3) is 0 Å². The van der Waals surface area contributed by atoms with E-state index in [0.717, 1.165) is 13.6 Å². The number of phenolic OH excluding ortho intramolecular Hbond substituents is 1. The third kappa shape index (κ3) is 5.01. The Labute approximate surface area is 143 Å². The molecular weight excluding hydrogens is 449 g/mol. The van der Waals surface area contributed by atoms with Crippen molar-refractivity contribution in [2.24, 2.45) is 5.10 Å². The fourth-order valence-electron chi connectivity index (χ4n) is 1.49. The number of hydrogen-bond donors (Lipinski definition) is 3. The number of aromatic hydroxyl groups is 1. The molecule has 2 aromatic carbocycles. The summed E-state index contributed by atoms with van der Waals surface area (Å²) in [6, 6.07) is 11.8. The highest BCUT2D eigenvalue weighted by Gasteiger charge is 2.00. The molecule has 21 heavy (non-hydrogen) atoms. The molecular formula is C14H11BrIN3O2. The standard InChI is InChI=1S/C14H11BrIN3O2/c15-10-2-1-3-11(7-10)18-14(21)19-17-8-9-4-5-13(20)12(16)6-9/h1-8,20H,(H2,18,19,21)/b17-8+. The Morgan fingerprint density at radius 1 is 1.29 bits per heavy atom. The molecule has 5 nitrogen and oxygen atoms in total. The zero-order chi connectivity index (χ0) is 15.2. The molecule has 0 fully saturated rings. The number of hydrogen-bond acceptors (Lipinski definition) is 3. The number of nitrogens with one attached hydrogen (secondary N) is 2. The van der Waals surface area contributed by atoms with Gasteiger partial charge in [0.05, 0.1) is 9.78 Å². The van der Waals surface area contributed by atoms with Crippen LogP contribution in [0.2, 0.25) is 0 Å². The molecule has 0 aliphatic heterocycles. The molecule has 0 heterocycles. The summed E-state index contributed by atoms with van der Waals surface area (Å²) >= 11 is 5.34. The maximum atomic E-state index is 11.6. The predicted octanol–water partition coefficient (Wildman–Crippen LogP) is 3.91. The van der Waals surface area contributed by atoms with Crippen LogP contribution < -0.4 is 10.7 Å². The summed E-state index contributed by atoms with van der Waals surface area (Å²) in [6.45, 7) is 0. The van der Waals surface area contributed by atoms with Crippen LogP contribution in [0.1, 0.15) is 5.56 Å². The molecule has 0 aromatic heterocycles. The average molecular weight is 460 g/mol. The normalized spacial score (nSPS) is 10.6. The van der Waals surface area contributed by atoms with Gasteiger partial charge in [0.25, 0.3) is 0 Å². The minimum Gasteiger partial charge on any atom is -0.507 e. The first-order valence-electron chi connectivity index (χ1n) is 5.89. The Balaban J connectivity index is 1.91. The summed E-state index contributed by atoms with van der Waals surface area (Å²) in [5.74, 6) is 0.216. The molecule has 0 aliphatic rings. The van der Waals surface area contributed by atoms with Crippen LogP contribution in [0, 0.1) is 3.57 Å². The molecule has 0 saturated heterocycles. The van der Waals surface area contributed by atoms with Crippen molar-refractivity contribution in [1.29, 1.82) is 0 Å². The van der Waals surface area contributed by atoms with E-state index in [-0.39, 0.29) is 5.75 Å². The monoisotopic (exact) mass is 459 g/mol. The van der Waals surface area contributed by atoms with E-state index < -0.39 is 6.03 Å². The molecule has 0 bridgehead atoms. The van der Waals surface area contributed by atoms with Crippen LogP contribution in [-0.2, 0) is 0 Å².